The number of hydrogen-bond donors (Lipinski definition) is 0. The quantitative estimate of drug-likeness (QED) is 0.748. The lowest BCUT2D eigenvalue weighted by Gasteiger charge is -2.26. The number of piperidine rings is 1. The highest BCUT2D eigenvalue weighted by Crippen LogP contribution is 2.34. The summed E-state index contributed by atoms with van der Waals surface area (Å²) in [5.74, 6) is 1.84. The Labute approximate surface area is 166 Å². The summed E-state index contributed by atoms with van der Waals surface area (Å²) in [6.07, 6.45) is 10.4. The maximum Gasteiger partial charge on any atom is 0.278 e. The van der Waals surface area contributed by atoms with E-state index in [1.807, 2.05) is 4.90 Å². The Morgan fingerprint density at radius 3 is 2.33 bits per heavy atom. The standard InChI is InChI=1S/C21H28N4OS/c22-14-18-16-8-2-3-9-17(16)20(25-12-4-1-5-13-25)23-21(18)27-15-19(26)24-10-6-7-11-24/h1-13,15H2/p+1. The van der Waals surface area contributed by atoms with Gasteiger partial charge in [0.05, 0.1) is 18.8 Å². The third-order valence-corrected chi connectivity index (χ3v) is 7.08. The molecule has 3 aliphatic rings. The van der Waals surface area contributed by atoms with Crippen LogP contribution in [0.15, 0.2) is 5.03 Å². The Bertz CT molecular complexity index is 746. The van der Waals surface area contributed by atoms with Gasteiger partial charge in [-0.3, -0.25) is 9.69 Å². The third kappa shape index (κ3) is 3.94. The highest BCUT2D eigenvalue weighted by molar-refractivity contribution is 7.99. The predicted octanol–water partition coefficient (Wildman–Crippen LogP) is 2.96. The Balaban J connectivity index is 1.63. The minimum absolute atomic E-state index is 0.201. The first kappa shape index (κ1) is 18.6. The van der Waals surface area contributed by atoms with Crippen molar-refractivity contribution >= 4 is 23.5 Å². The highest BCUT2D eigenvalue weighted by atomic mass is 32.2. The van der Waals surface area contributed by atoms with Crippen molar-refractivity contribution in [1.29, 1.82) is 5.26 Å². The summed E-state index contributed by atoms with van der Waals surface area (Å²) in [4.78, 5) is 20.5. The number of hydrogen-bond acceptors (Lipinski definition) is 4. The van der Waals surface area contributed by atoms with Crippen molar-refractivity contribution in [2.24, 2.45) is 0 Å². The molecule has 2 fully saturated rings. The van der Waals surface area contributed by atoms with Gasteiger partial charge in [-0.2, -0.15) is 5.26 Å². The van der Waals surface area contributed by atoms with E-state index in [9.17, 15) is 10.1 Å². The van der Waals surface area contributed by atoms with E-state index in [0.29, 0.717) is 5.75 Å². The number of nitriles is 1. The van der Waals surface area contributed by atoms with E-state index in [2.05, 4.69) is 16.0 Å². The smallest absolute Gasteiger partial charge is 0.278 e. The molecule has 0 unspecified atom stereocenters. The van der Waals surface area contributed by atoms with E-state index in [4.69, 9.17) is 0 Å². The lowest BCUT2D eigenvalue weighted by molar-refractivity contribution is -0.414. The summed E-state index contributed by atoms with van der Waals surface area (Å²) >= 11 is 1.52. The highest BCUT2D eigenvalue weighted by Gasteiger charge is 2.31. The van der Waals surface area contributed by atoms with Gasteiger partial charge in [0, 0.05) is 18.7 Å². The predicted molar refractivity (Wildman–Crippen MR) is 107 cm³/mol. The molecule has 1 aliphatic carbocycles. The molecule has 0 bridgehead atoms. The number of nitrogens with one attached hydrogen (secondary N) is 1. The number of thioether (sulfide) groups is 1. The summed E-state index contributed by atoms with van der Waals surface area (Å²) in [6, 6.07) is 2.45. The Morgan fingerprint density at radius 1 is 0.963 bits per heavy atom. The largest absolute Gasteiger partial charge is 0.342 e. The minimum Gasteiger partial charge on any atom is -0.342 e. The number of pyridine rings is 1. The second kappa shape index (κ2) is 8.52. The fourth-order valence-corrected chi connectivity index (χ4v) is 5.56. The van der Waals surface area contributed by atoms with Crippen LogP contribution in [0, 0.1) is 11.3 Å². The van der Waals surface area contributed by atoms with Gasteiger partial charge in [0.2, 0.25) is 5.91 Å². The lowest BCUT2D eigenvalue weighted by atomic mass is 9.89. The Kier molecular flexibility index (Phi) is 5.87. The molecule has 1 amide bonds. The molecule has 0 saturated carbocycles. The molecule has 1 aromatic rings. The number of carbonyl (C=O) groups excluding carboxylic acids is 1. The van der Waals surface area contributed by atoms with Crippen LogP contribution in [-0.4, -0.2) is 42.7 Å². The molecule has 2 saturated heterocycles. The lowest BCUT2D eigenvalue weighted by Crippen LogP contribution is -2.37. The first-order valence-electron chi connectivity index (χ1n) is 10.4. The zero-order valence-corrected chi connectivity index (χ0v) is 16.9. The van der Waals surface area contributed by atoms with Crippen LogP contribution in [0.3, 0.4) is 0 Å². The zero-order chi connectivity index (χ0) is 18.6. The molecule has 0 radical (unpaired) electrons. The van der Waals surface area contributed by atoms with Crippen LogP contribution < -0.4 is 9.88 Å². The number of aromatic amines is 1. The summed E-state index contributed by atoms with van der Waals surface area (Å²) in [6.45, 7) is 3.95. The molecule has 5 nitrogen and oxygen atoms in total. The van der Waals surface area contributed by atoms with Gasteiger partial charge < -0.3 is 4.90 Å². The second-order valence-electron chi connectivity index (χ2n) is 7.88. The number of likely N-dealkylation sites (tertiary alicyclic amines) is 1. The minimum atomic E-state index is 0.201. The summed E-state index contributed by atoms with van der Waals surface area (Å²) in [5, 5.41) is 10.8. The van der Waals surface area contributed by atoms with Gasteiger partial charge in [0.1, 0.15) is 11.6 Å². The molecule has 0 aromatic carbocycles. The van der Waals surface area contributed by atoms with E-state index < -0.39 is 0 Å². The molecule has 1 N–H and O–H groups in total. The molecule has 0 spiro atoms. The van der Waals surface area contributed by atoms with Crippen molar-refractivity contribution < 1.29 is 9.78 Å². The maximum atomic E-state index is 12.5. The van der Waals surface area contributed by atoms with Crippen molar-refractivity contribution in [1.82, 2.24) is 4.90 Å². The number of aromatic nitrogens is 1. The Morgan fingerprint density at radius 2 is 1.63 bits per heavy atom. The first-order valence-corrected chi connectivity index (χ1v) is 11.4. The van der Waals surface area contributed by atoms with Gasteiger partial charge in [-0.25, -0.2) is 4.98 Å². The fourth-order valence-electron chi connectivity index (χ4n) is 4.63. The molecule has 0 atom stereocenters. The second-order valence-corrected chi connectivity index (χ2v) is 8.86. The maximum absolute atomic E-state index is 12.5. The van der Waals surface area contributed by atoms with Crippen molar-refractivity contribution in [3.05, 3.63) is 16.7 Å². The number of carbonyl (C=O) groups is 1. The van der Waals surface area contributed by atoms with Crippen LogP contribution in [0.5, 0.6) is 0 Å². The molecule has 144 valence electrons. The van der Waals surface area contributed by atoms with E-state index in [-0.39, 0.29) is 5.91 Å². The molecule has 6 heteroatoms. The van der Waals surface area contributed by atoms with E-state index in [1.54, 1.807) is 0 Å². The summed E-state index contributed by atoms with van der Waals surface area (Å²) < 4.78 is 0. The van der Waals surface area contributed by atoms with Crippen molar-refractivity contribution in [3.63, 3.8) is 0 Å². The average molecular weight is 386 g/mol. The van der Waals surface area contributed by atoms with E-state index >= 15 is 0 Å². The van der Waals surface area contributed by atoms with Crippen LogP contribution in [0.2, 0.25) is 0 Å². The van der Waals surface area contributed by atoms with Crippen LogP contribution in [0.1, 0.15) is 61.6 Å². The van der Waals surface area contributed by atoms with Gasteiger partial charge in [-0.05, 0) is 63.4 Å². The Hall–Kier alpha value is -1.74. The number of fused-ring (bicyclic) bond motifs is 1. The molecular formula is C21H29N4OS+. The topological polar surface area (TPSA) is 61.5 Å². The monoisotopic (exact) mass is 385 g/mol. The zero-order valence-electron chi connectivity index (χ0n) is 16.1. The van der Waals surface area contributed by atoms with Crippen LogP contribution in [0.4, 0.5) is 5.82 Å². The van der Waals surface area contributed by atoms with Crippen molar-refractivity contribution in [3.8, 4) is 6.07 Å². The number of H-pyrrole nitrogens is 1. The SMILES string of the molecule is N#Cc1c(SCC(=O)N2CCCC2)[nH+]c(N2CCCCC2)c2c1CCCC2. The molecule has 1 aromatic heterocycles. The molecular weight excluding hydrogens is 356 g/mol. The van der Waals surface area contributed by atoms with Gasteiger partial charge in [0.15, 0.2) is 5.03 Å². The normalized spacial score (nSPS) is 19.7. The average Bonchev–Trinajstić information content (AvgIpc) is 3.27. The number of rotatable bonds is 4. The molecule has 2 aliphatic heterocycles. The van der Waals surface area contributed by atoms with Gasteiger partial charge >= 0.3 is 0 Å². The number of nitrogens with zero attached hydrogens (tertiary/aromatic N) is 3. The molecule has 3 heterocycles. The van der Waals surface area contributed by atoms with Gasteiger partial charge in [0.25, 0.3) is 5.82 Å². The number of amides is 1. The van der Waals surface area contributed by atoms with E-state index in [0.717, 1.165) is 68.9 Å². The van der Waals surface area contributed by atoms with Crippen molar-refractivity contribution in [2.45, 2.75) is 62.8 Å². The summed E-state index contributed by atoms with van der Waals surface area (Å²) in [5.41, 5.74) is 3.37. The van der Waals surface area contributed by atoms with Gasteiger partial charge in [-0.15, -0.1) is 0 Å². The first-order chi connectivity index (χ1) is 13.3. The molecule has 27 heavy (non-hydrogen) atoms. The number of anilines is 1. The van der Waals surface area contributed by atoms with Crippen molar-refractivity contribution in [2.75, 3.05) is 36.8 Å². The van der Waals surface area contributed by atoms with E-state index in [1.165, 1.54) is 54.4 Å². The fraction of sp³-hybridized carbons (Fsp3) is 0.667. The third-order valence-electron chi connectivity index (χ3n) is 6.10. The van der Waals surface area contributed by atoms with Crippen LogP contribution >= 0.6 is 11.8 Å². The summed E-state index contributed by atoms with van der Waals surface area (Å²) in [7, 11) is 0. The van der Waals surface area contributed by atoms with Gasteiger partial charge in [-0.1, -0.05) is 11.8 Å². The van der Waals surface area contributed by atoms with Crippen LogP contribution in [-0.2, 0) is 17.6 Å². The van der Waals surface area contributed by atoms with Crippen LogP contribution in [0.25, 0.3) is 0 Å². The molecule has 4 rings (SSSR count).